The SMILES string of the molecule is CC(C)C1(c2ccccc2)CN(C(=O)[C@@H]2CC[C@@H]3CCC[C@H](NC(=O)c4cc5cc(C(F)(F)P(=O)(O)O)ccc5s4)C(=O)N32)C1. The number of nitrogens with one attached hydrogen (secondary N) is 1. The topological polar surface area (TPSA) is 127 Å². The molecule has 0 aliphatic carbocycles. The number of carbonyl (C=O) groups is 3. The second-order valence-electron chi connectivity index (χ2n) is 12.8. The van der Waals surface area contributed by atoms with Crippen LogP contribution < -0.4 is 5.32 Å². The highest BCUT2D eigenvalue weighted by molar-refractivity contribution is 7.52. The number of benzene rings is 2. The van der Waals surface area contributed by atoms with Crippen molar-refractivity contribution in [2.24, 2.45) is 5.92 Å². The van der Waals surface area contributed by atoms with E-state index in [1.165, 1.54) is 17.7 Å². The summed E-state index contributed by atoms with van der Waals surface area (Å²) in [6.45, 7) is 5.51. The Morgan fingerprint density at radius 1 is 1.04 bits per heavy atom. The lowest BCUT2D eigenvalue weighted by atomic mass is 9.66. The fourth-order valence-electron chi connectivity index (χ4n) is 7.13. The van der Waals surface area contributed by atoms with Crippen molar-refractivity contribution in [3.63, 3.8) is 0 Å². The van der Waals surface area contributed by atoms with E-state index in [2.05, 4.69) is 31.3 Å². The first kappa shape index (κ1) is 31.8. The molecule has 9 nitrogen and oxygen atoms in total. The third-order valence-electron chi connectivity index (χ3n) is 9.84. The van der Waals surface area contributed by atoms with E-state index in [9.17, 15) is 27.7 Å². The van der Waals surface area contributed by atoms with Gasteiger partial charge in [0.2, 0.25) is 11.8 Å². The first-order valence-corrected chi connectivity index (χ1v) is 17.6. The second kappa shape index (κ2) is 11.6. The van der Waals surface area contributed by atoms with Gasteiger partial charge in [0.25, 0.3) is 5.91 Å². The van der Waals surface area contributed by atoms with E-state index in [0.717, 1.165) is 36.3 Å². The number of alkyl halides is 2. The summed E-state index contributed by atoms with van der Waals surface area (Å²) in [5, 5.41) is 3.05. The number of likely N-dealkylation sites (tertiary alicyclic amines) is 1. The van der Waals surface area contributed by atoms with E-state index in [1.807, 2.05) is 23.1 Å². The first-order chi connectivity index (χ1) is 21.2. The molecule has 3 saturated heterocycles. The van der Waals surface area contributed by atoms with Gasteiger partial charge in [0.15, 0.2) is 0 Å². The number of hydrogen-bond acceptors (Lipinski definition) is 5. The van der Waals surface area contributed by atoms with Gasteiger partial charge in [-0.3, -0.25) is 18.9 Å². The molecular weight excluding hydrogens is 623 g/mol. The lowest BCUT2D eigenvalue weighted by molar-refractivity contribution is -0.152. The highest BCUT2D eigenvalue weighted by atomic mass is 32.1. The maximum absolute atomic E-state index is 14.3. The molecule has 0 bridgehead atoms. The van der Waals surface area contributed by atoms with Crippen LogP contribution in [0.25, 0.3) is 10.1 Å². The number of amides is 3. The Hall–Kier alpha value is -3.18. The number of halogens is 2. The minimum Gasteiger partial charge on any atom is -0.340 e. The molecule has 240 valence electrons. The quantitative estimate of drug-likeness (QED) is 0.299. The van der Waals surface area contributed by atoms with Crippen molar-refractivity contribution in [3.05, 3.63) is 70.6 Å². The van der Waals surface area contributed by atoms with Gasteiger partial charge in [0.1, 0.15) is 12.1 Å². The molecule has 0 unspecified atom stereocenters. The molecule has 13 heteroatoms. The minimum absolute atomic E-state index is 0.0579. The smallest absolute Gasteiger partial charge is 0.340 e. The van der Waals surface area contributed by atoms with Crippen LogP contribution in [0.4, 0.5) is 8.78 Å². The highest BCUT2D eigenvalue weighted by Crippen LogP contribution is 2.59. The Kier molecular flexibility index (Phi) is 8.17. The van der Waals surface area contributed by atoms with Crippen LogP contribution in [0.5, 0.6) is 0 Å². The van der Waals surface area contributed by atoms with Gasteiger partial charge in [-0.05, 0) is 67.2 Å². The van der Waals surface area contributed by atoms with E-state index in [0.29, 0.717) is 43.0 Å². The van der Waals surface area contributed by atoms with Crippen molar-refractivity contribution in [2.75, 3.05) is 13.1 Å². The van der Waals surface area contributed by atoms with Gasteiger partial charge in [-0.1, -0.05) is 50.2 Å². The molecule has 4 heterocycles. The van der Waals surface area contributed by atoms with Crippen LogP contribution in [0.1, 0.15) is 66.8 Å². The van der Waals surface area contributed by atoms with Gasteiger partial charge < -0.3 is 24.9 Å². The molecule has 6 rings (SSSR count). The second-order valence-corrected chi connectivity index (χ2v) is 15.5. The number of rotatable bonds is 7. The molecule has 3 amide bonds. The molecule has 0 spiro atoms. The molecule has 0 radical (unpaired) electrons. The maximum Gasteiger partial charge on any atom is 0.399 e. The van der Waals surface area contributed by atoms with Crippen LogP contribution in [0.3, 0.4) is 0 Å². The summed E-state index contributed by atoms with van der Waals surface area (Å²) in [6, 6.07) is 13.3. The van der Waals surface area contributed by atoms with Crippen LogP contribution in [0, 0.1) is 5.92 Å². The van der Waals surface area contributed by atoms with Crippen molar-refractivity contribution >= 4 is 46.7 Å². The van der Waals surface area contributed by atoms with Crippen LogP contribution >= 0.6 is 18.9 Å². The van der Waals surface area contributed by atoms with Gasteiger partial charge in [-0.15, -0.1) is 11.3 Å². The summed E-state index contributed by atoms with van der Waals surface area (Å²) in [4.78, 5) is 63.0. The Morgan fingerprint density at radius 2 is 1.76 bits per heavy atom. The molecule has 3 aromatic rings. The van der Waals surface area contributed by atoms with Crippen molar-refractivity contribution in [1.29, 1.82) is 0 Å². The molecule has 3 aliphatic rings. The van der Waals surface area contributed by atoms with E-state index in [1.54, 1.807) is 4.90 Å². The van der Waals surface area contributed by atoms with Gasteiger partial charge >= 0.3 is 13.3 Å². The Labute approximate surface area is 263 Å². The average Bonchev–Trinajstić information content (AvgIpc) is 3.56. The van der Waals surface area contributed by atoms with E-state index in [-0.39, 0.29) is 33.5 Å². The summed E-state index contributed by atoms with van der Waals surface area (Å²) in [7, 11) is -5.75. The zero-order valence-corrected chi connectivity index (χ0v) is 26.7. The molecule has 3 fully saturated rings. The standard InChI is InChI=1S/C32H36F2N3O6PS/c1-19(2)31(21-7-4-3-5-8-21)17-36(18-31)30(40)25-13-12-23-9-6-10-24(29(39)37(23)25)35-28(38)27-16-20-15-22(11-14-26(20)45-27)32(33,34)44(41,42)43/h3-5,7-8,11,14-16,19,23-25H,6,9-10,12-13,17-18H2,1-2H3,(H,35,38)(H2,41,42,43)/t23-,24-,25-/m0/s1. The van der Waals surface area contributed by atoms with Crippen molar-refractivity contribution < 1.29 is 37.5 Å². The minimum atomic E-state index is -5.75. The summed E-state index contributed by atoms with van der Waals surface area (Å²) in [5.74, 6) is -0.573. The Bertz CT molecular complexity index is 1690. The van der Waals surface area contributed by atoms with Crippen LogP contribution in [-0.2, 0) is 25.2 Å². The van der Waals surface area contributed by atoms with Crippen molar-refractivity contribution in [3.8, 4) is 0 Å². The monoisotopic (exact) mass is 659 g/mol. The summed E-state index contributed by atoms with van der Waals surface area (Å²) >= 11 is 1.03. The molecule has 3 N–H and O–H groups in total. The number of hydrogen-bond donors (Lipinski definition) is 3. The number of nitrogens with zero attached hydrogens (tertiary/aromatic N) is 2. The number of fused-ring (bicyclic) bond motifs is 2. The lowest BCUT2D eigenvalue weighted by Crippen LogP contribution is -2.66. The fourth-order valence-corrected chi connectivity index (χ4v) is 8.55. The third-order valence-corrected chi connectivity index (χ3v) is 11.9. The average molecular weight is 660 g/mol. The number of thiophene rings is 1. The van der Waals surface area contributed by atoms with Gasteiger partial charge in [-0.2, -0.15) is 8.78 Å². The molecule has 3 atom stereocenters. The fraction of sp³-hybridized carbons (Fsp3) is 0.469. The normalized spacial score (nSPS) is 23.5. The van der Waals surface area contributed by atoms with Crippen LogP contribution in [-0.4, -0.2) is 68.5 Å². The van der Waals surface area contributed by atoms with Crippen LogP contribution in [0.2, 0.25) is 0 Å². The third kappa shape index (κ3) is 5.49. The predicted molar refractivity (Wildman–Crippen MR) is 166 cm³/mol. The van der Waals surface area contributed by atoms with E-state index < -0.39 is 36.8 Å². The Balaban J connectivity index is 1.16. The summed E-state index contributed by atoms with van der Waals surface area (Å²) < 4.78 is 40.3. The molecule has 1 aromatic heterocycles. The maximum atomic E-state index is 14.3. The Morgan fingerprint density at radius 3 is 2.42 bits per heavy atom. The molecule has 45 heavy (non-hydrogen) atoms. The lowest BCUT2D eigenvalue weighted by Gasteiger charge is -2.54. The van der Waals surface area contributed by atoms with Gasteiger partial charge in [-0.25, -0.2) is 0 Å². The molecule has 3 aliphatic heterocycles. The van der Waals surface area contributed by atoms with Crippen molar-refractivity contribution in [2.45, 2.75) is 75.2 Å². The largest absolute Gasteiger partial charge is 0.399 e. The first-order valence-electron chi connectivity index (χ1n) is 15.2. The van der Waals surface area contributed by atoms with Crippen LogP contribution in [0.15, 0.2) is 54.6 Å². The molecule has 2 aromatic carbocycles. The highest BCUT2D eigenvalue weighted by Gasteiger charge is 2.53. The zero-order chi connectivity index (χ0) is 32.3. The number of carbonyl (C=O) groups excluding carboxylic acids is 3. The van der Waals surface area contributed by atoms with Gasteiger partial charge in [0.05, 0.1) is 4.88 Å². The molecule has 0 saturated carbocycles. The summed E-state index contributed by atoms with van der Waals surface area (Å²) in [6.07, 6.45) is 3.14. The van der Waals surface area contributed by atoms with E-state index >= 15 is 0 Å². The predicted octanol–water partition coefficient (Wildman–Crippen LogP) is 5.21. The van der Waals surface area contributed by atoms with Gasteiger partial charge in [0, 0.05) is 34.8 Å². The van der Waals surface area contributed by atoms with E-state index in [4.69, 9.17) is 9.79 Å². The summed E-state index contributed by atoms with van der Waals surface area (Å²) in [5.41, 5.74) is -4.15. The molecular formula is C32H36F2N3O6PS. The van der Waals surface area contributed by atoms with Crippen molar-refractivity contribution in [1.82, 2.24) is 15.1 Å². The zero-order valence-electron chi connectivity index (χ0n) is 25.0.